The van der Waals surface area contributed by atoms with Crippen molar-refractivity contribution in [2.24, 2.45) is 0 Å². The molecule has 1 atom stereocenters. The van der Waals surface area contributed by atoms with Crippen molar-refractivity contribution in [2.75, 3.05) is 0 Å². The highest BCUT2D eigenvalue weighted by Gasteiger charge is 2.30. The normalized spacial score (nSPS) is 15.1. The average molecular weight is 392 g/mol. The van der Waals surface area contributed by atoms with E-state index in [4.69, 9.17) is 38.5 Å². The molecule has 0 bridgehead atoms. The Bertz CT molecular complexity index is 925. The van der Waals surface area contributed by atoms with E-state index < -0.39 is 5.09 Å². The van der Waals surface area contributed by atoms with Gasteiger partial charge in [-0.25, -0.2) is 4.57 Å². The van der Waals surface area contributed by atoms with Gasteiger partial charge in [0.25, 0.3) is 0 Å². The Morgan fingerprint density at radius 2 is 1.81 bits per heavy atom. The maximum atomic E-state index is 8.25. The third-order valence-corrected chi connectivity index (χ3v) is 4.86. The number of halogens is 2. The molecule has 6 nitrogen and oxygen atoms in total. The van der Waals surface area contributed by atoms with Gasteiger partial charge in [-0.15, -0.1) is 0 Å². The molecule has 0 aliphatic heterocycles. The second-order valence-electron chi connectivity index (χ2n) is 5.84. The minimum atomic E-state index is -1.75. The van der Waals surface area contributed by atoms with Crippen molar-refractivity contribution in [1.82, 2.24) is 4.98 Å². The number of nitrogens with one attached hydrogen (secondary N) is 1. The summed E-state index contributed by atoms with van der Waals surface area (Å²) in [6, 6.07) is 12.6. The maximum Gasteiger partial charge on any atom is 0.242 e. The van der Waals surface area contributed by atoms with Gasteiger partial charge in [0.05, 0.1) is 10.1 Å². The number of hydrogen-bond acceptors (Lipinski definition) is 3. The van der Waals surface area contributed by atoms with E-state index in [0.717, 1.165) is 23.4 Å². The Morgan fingerprint density at radius 1 is 1.12 bits per heavy atom. The Kier molecular flexibility index (Phi) is 5.44. The molecule has 2 aromatic carbocycles. The predicted molar refractivity (Wildman–Crippen MR) is 98.9 cm³/mol. The second-order valence-corrected chi connectivity index (χ2v) is 6.69. The molecule has 1 aliphatic carbocycles. The van der Waals surface area contributed by atoms with Crippen molar-refractivity contribution in [3.8, 4) is 0 Å². The molecule has 0 amide bonds. The van der Waals surface area contributed by atoms with E-state index in [1.165, 1.54) is 16.7 Å². The molecule has 0 radical (unpaired) electrons. The standard InChI is InChI=1S/C18H14Cl2N2.NO3/c19-14-9-13-6-5-12-3-1-2-4-15(12)18(17(13)16(20)10-14)22-8-7-21-11-22;2-1(3)4/h1-4,7-11,18H,5-6H2;/q;-1/p+1. The number of imidazole rings is 1. The van der Waals surface area contributed by atoms with Gasteiger partial charge in [0.2, 0.25) is 6.33 Å². The summed E-state index contributed by atoms with van der Waals surface area (Å²) in [5, 5.41) is 16.2. The van der Waals surface area contributed by atoms with Gasteiger partial charge in [-0.05, 0) is 36.1 Å². The molecule has 0 fully saturated rings. The Balaban J connectivity index is 0.000000447. The topological polar surface area (TPSA) is 85.9 Å². The van der Waals surface area contributed by atoms with E-state index >= 15 is 0 Å². The van der Waals surface area contributed by atoms with Crippen LogP contribution in [0.4, 0.5) is 0 Å². The summed E-state index contributed by atoms with van der Waals surface area (Å²) in [5.74, 6) is 0. The van der Waals surface area contributed by atoms with Crippen LogP contribution in [-0.2, 0) is 12.8 Å². The highest BCUT2D eigenvalue weighted by Crippen LogP contribution is 2.38. The number of hydrogen-bond donors (Lipinski definition) is 1. The van der Waals surface area contributed by atoms with Crippen LogP contribution in [0, 0.1) is 15.3 Å². The predicted octanol–water partition coefficient (Wildman–Crippen LogP) is 4.11. The summed E-state index contributed by atoms with van der Waals surface area (Å²) in [6.45, 7) is 0. The zero-order chi connectivity index (χ0) is 18.7. The third-order valence-electron chi connectivity index (χ3n) is 4.33. The smallest absolute Gasteiger partial charge is 0.242 e. The van der Waals surface area contributed by atoms with Crippen molar-refractivity contribution in [1.29, 1.82) is 0 Å². The Morgan fingerprint density at radius 3 is 2.50 bits per heavy atom. The number of fused-ring (bicyclic) bond motifs is 2. The van der Waals surface area contributed by atoms with Crippen LogP contribution in [0.5, 0.6) is 0 Å². The van der Waals surface area contributed by atoms with Crippen LogP contribution in [0.2, 0.25) is 10.0 Å². The van der Waals surface area contributed by atoms with Crippen molar-refractivity contribution in [2.45, 2.75) is 18.9 Å². The highest BCUT2D eigenvalue weighted by molar-refractivity contribution is 6.35. The molecule has 1 aromatic heterocycles. The molecule has 1 heterocycles. The largest absolute Gasteiger partial charge is 0.356 e. The van der Waals surface area contributed by atoms with Crippen molar-refractivity contribution >= 4 is 23.2 Å². The van der Waals surface area contributed by atoms with Gasteiger partial charge >= 0.3 is 0 Å². The molecule has 1 N–H and O–H groups in total. The van der Waals surface area contributed by atoms with E-state index in [1.54, 1.807) is 0 Å². The zero-order valence-corrected chi connectivity index (χ0v) is 15.1. The summed E-state index contributed by atoms with van der Waals surface area (Å²) >= 11 is 12.8. The molecule has 1 aliphatic rings. The maximum absolute atomic E-state index is 8.25. The second kappa shape index (κ2) is 7.76. The molecular weight excluding hydrogens is 377 g/mol. The lowest BCUT2D eigenvalue weighted by molar-refractivity contribution is -0.703. The van der Waals surface area contributed by atoms with Crippen LogP contribution >= 0.6 is 23.2 Å². The molecular formula is C18H15Cl2N3O3. The molecule has 0 saturated heterocycles. The molecule has 3 aromatic rings. The fraction of sp³-hybridized carbons (Fsp3) is 0.167. The fourth-order valence-corrected chi connectivity index (χ4v) is 4.02. The van der Waals surface area contributed by atoms with Gasteiger partial charge in [0.1, 0.15) is 12.4 Å². The molecule has 1 unspecified atom stereocenters. The first-order valence-corrected chi connectivity index (χ1v) is 8.63. The van der Waals surface area contributed by atoms with Crippen molar-refractivity contribution in [3.63, 3.8) is 0 Å². The summed E-state index contributed by atoms with van der Waals surface area (Å²) in [6.07, 6.45) is 7.90. The number of benzene rings is 2. The van der Waals surface area contributed by atoms with Crippen LogP contribution in [0.1, 0.15) is 28.3 Å². The Hall–Kier alpha value is -2.57. The molecule has 8 heteroatoms. The first-order chi connectivity index (χ1) is 12.5. The number of H-pyrrole nitrogens is 1. The van der Waals surface area contributed by atoms with Crippen LogP contribution < -0.4 is 4.57 Å². The third kappa shape index (κ3) is 3.81. The minimum absolute atomic E-state index is 0.0738. The first kappa shape index (κ1) is 18.2. The summed E-state index contributed by atoms with van der Waals surface area (Å²) in [5.41, 5.74) is 5.05. The van der Waals surface area contributed by atoms with Gasteiger partial charge in [-0.3, -0.25) is 4.98 Å². The number of nitrogens with zero attached hydrogens (tertiary/aromatic N) is 2. The van der Waals surface area contributed by atoms with Gasteiger partial charge in [-0.1, -0.05) is 47.5 Å². The molecule has 0 spiro atoms. The van der Waals surface area contributed by atoms with Gasteiger partial charge in [0, 0.05) is 16.1 Å². The van der Waals surface area contributed by atoms with Gasteiger partial charge < -0.3 is 15.3 Å². The van der Waals surface area contributed by atoms with E-state index in [1.807, 2.05) is 24.8 Å². The van der Waals surface area contributed by atoms with Crippen LogP contribution in [0.25, 0.3) is 0 Å². The molecule has 0 saturated carbocycles. The van der Waals surface area contributed by atoms with E-state index in [0.29, 0.717) is 5.02 Å². The Labute approximate surface area is 159 Å². The van der Waals surface area contributed by atoms with Gasteiger partial charge in [0.15, 0.2) is 6.04 Å². The quantitative estimate of drug-likeness (QED) is 0.384. The summed E-state index contributed by atoms with van der Waals surface area (Å²) in [4.78, 5) is 11.4. The van der Waals surface area contributed by atoms with Crippen LogP contribution in [0.3, 0.4) is 0 Å². The zero-order valence-electron chi connectivity index (χ0n) is 13.6. The van der Waals surface area contributed by atoms with Gasteiger partial charge in [-0.2, -0.15) is 0 Å². The highest BCUT2D eigenvalue weighted by atomic mass is 35.5. The summed E-state index contributed by atoms with van der Waals surface area (Å²) in [7, 11) is 0. The minimum Gasteiger partial charge on any atom is -0.356 e. The number of aryl methyl sites for hydroxylation is 2. The van der Waals surface area contributed by atoms with E-state index in [9.17, 15) is 0 Å². The van der Waals surface area contributed by atoms with E-state index in [-0.39, 0.29) is 6.04 Å². The average Bonchev–Trinajstić information content (AvgIpc) is 3.04. The SMILES string of the molecule is Clc1cc(Cl)c2c(c1)CCc1ccccc1C2[n+]1cc[nH]c1.O=[N+]([O-])[O-]. The number of aromatic amines is 1. The lowest BCUT2D eigenvalue weighted by Gasteiger charge is -2.19. The molecule has 26 heavy (non-hydrogen) atoms. The summed E-state index contributed by atoms with van der Waals surface area (Å²) < 4.78 is 2.17. The van der Waals surface area contributed by atoms with Crippen molar-refractivity contribution in [3.05, 3.63) is 103 Å². The molecule has 134 valence electrons. The van der Waals surface area contributed by atoms with Crippen molar-refractivity contribution < 1.29 is 9.65 Å². The van der Waals surface area contributed by atoms with E-state index in [2.05, 4.69) is 39.9 Å². The number of rotatable bonds is 1. The van der Waals surface area contributed by atoms with Crippen LogP contribution in [-0.4, -0.2) is 10.1 Å². The lowest BCUT2D eigenvalue weighted by atomic mass is 9.94. The fourth-order valence-electron chi connectivity index (χ4n) is 3.38. The monoisotopic (exact) mass is 391 g/mol. The first-order valence-electron chi connectivity index (χ1n) is 7.88. The van der Waals surface area contributed by atoms with Crippen LogP contribution in [0.15, 0.2) is 55.1 Å². The number of aromatic nitrogens is 2. The molecule has 4 rings (SSSR count). The lowest BCUT2D eigenvalue weighted by Crippen LogP contribution is -2.39.